The number of hydrogen-bond acceptors (Lipinski definition) is 2. The van der Waals surface area contributed by atoms with Gasteiger partial charge >= 0.3 is 0 Å². The van der Waals surface area contributed by atoms with Crippen LogP contribution in [-0.4, -0.2) is 23.7 Å². The number of carbonyl (C=O) groups is 1. The second-order valence-corrected chi connectivity index (χ2v) is 5.78. The third-order valence-electron chi connectivity index (χ3n) is 4.13. The molecule has 0 spiro atoms. The number of rotatable bonds is 7. The topological polar surface area (TPSA) is 49.3 Å². The predicted octanol–water partition coefficient (Wildman–Crippen LogP) is 2.87. The standard InChI is InChI=1S/C15H29NO2/c1-3-4-5-13-6-8-14(9-7-13)15(18)16-12(2)10-11-17/h12-14,17H,3-11H2,1-2H3,(H,16,18). The van der Waals surface area contributed by atoms with E-state index in [-0.39, 0.29) is 24.5 Å². The zero-order chi connectivity index (χ0) is 13.4. The number of hydrogen-bond donors (Lipinski definition) is 2. The second-order valence-electron chi connectivity index (χ2n) is 5.78. The molecule has 1 saturated carbocycles. The number of aliphatic hydroxyl groups is 1. The van der Waals surface area contributed by atoms with Gasteiger partial charge in [0.25, 0.3) is 0 Å². The number of aliphatic hydroxyl groups excluding tert-OH is 1. The number of nitrogens with one attached hydrogen (secondary N) is 1. The van der Waals surface area contributed by atoms with E-state index in [1.807, 2.05) is 6.92 Å². The van der Waals surface area contributed by atoms with Gasteiger partial charge in [-0.05, 0) is 44.9 Å². The highest BCUT2D eigenvalue weighted by molar-refractivity contribution is 5.78. The minimum Gasteiger partial charge on any atom is -0.396 e. The van der Waals surface area contributed by atoms with Crippen LogP contribution in [0.25, 0.3) is 0 Å². The molecule has 1 aliphatic rings. The van der Waals surface area contributed by atoms with Crippen molar-refractivity contribution in [1.29, 1.82) is 0 Å². The van der Waals surface area contributed by atoms with Gasteiger partial charge < -0.3 is 10.4 Å². The molecule has 1 fully saturated rings. The first-order valence-electron chi connectivity index (χ1n) is 7.58. The van der Waals surface area contributed by atoms with Crippen LogP contribution in [-0.2, 0) is 4.79 Å². The summed E-state index contributed by atoms with van der Waals surface area (Å²) in [4.78, 5) is 12.0. The van der Waals surface area contributed by atoms with E-state index < -0.39 is 0 Å². The maximum atomic E-state index is 12.0. The van der Waals surface area contributed by atoms with Gasteiger partial charge in [-0.25, -0.2) is 0 Å². The van der Waals surface area contributed by atoms with E-state index in [9.17, 15) is 4.79 Å². The van der Waals surface area contributed by atoms with Crippen LogP contribution in [0.4, 0.5) is 0 Å². The van der Waals surface area contributed by atoms with Gasteiger partial charge in [0, 0.05) is 18.6 Å². The van der Waals surface area contributed by atoms with Crippen molar-refractivity contribution in [3.05, 3.63) is 0 Å². The third-order valence-corrected chi connectivity index (χ3v) is 4.13. The predicted molar refractivity (Wildman–Crippen MR) is 74.3 cm³/mol. The van der Waals surface area contributed by atoms with E-state index in [4.69, 9.17) is 5.11 Å². The van der Waals surface area contributed by atoms with Gasteiger partial charge in [-0.3, -0.25) is 4.79 Å². The summed E-state index contributed by atoms with van der Waals surface area (Å²) in [7, 11) is 0. The van der Waals surface area contributed by atoms with Gasteiger partial charge in [0.05, 0.1) is 0 Å². The van der Waals surface area contributed by atoms with Crippen molar-refractivity contribution in [2.45, 2.75) is 71.3 Å². The van der Waals surface area contributed by atoms with Gasteiger partial charge in [0.2, 0.25) is 5.91 Å². The SMILES string of the molecule is CCCCC1CCC(C(=O)NC(C)CCO)CC1. The van der Waals surface area contributed by atoms with Crippen LogP contribution in [0.5, 0.6) is 0 Å². The van der Waals surface area contributed by atoms with Crippen LogP contribution in [0, 0.1) is 11.8 Å². The molecule has 0 aromatic rings. The molecule has 3 heteroatoms. The normalized spacial score (nSPS) is 25.7. The average molecular weight is 255 g/mol. The van der Waals surface area contributed by atoms with Gasteiger partial charge in [-0.2, -0.15) is 0 Å². The molecule has 18 heavy (non-hydrogen) atoms. The molecule has 0 aromatic carbocycles. The Balaban J connectivity index is 2.23. The first-order valence-corrected chi connectivity index (χ1v) is 7.58. The Kier molecular flexibility index (Phi) is 7.33. The quantitative estimate of drug-likeness (QED) is 0.735. The first-order chi connectivity index (χ1) is 8.67. The molecule has 106 valence electrons. The van der Waals surface area contributed by atoms with Crippen molar-refractivity contribution in [1.82, 2.24) is 5.32 Å². The van der Waals surface area contributed by atoms with Crippen molar-refractivity contribution in [2.24, 2.45) is 11.8 Å². The maximum absolute atomic E-state index is 12.0. The Morgan fingerprint density at radius 2 is 2.00 bits per heavy atom. The minimum absolute atomic E-state index is 0.0975. The van der Waals surface area contributed by atoms with Crippen LogP contribution in [0.15, 0.2) is 0 Å². The zero-order valence-electron chi connectivity index (χ0n) is 12.0. The minimum atomic E-state index is 0.0975. The molecule has 1 amide bonds. The van der Waals surface area contributed by atoms with Crippen LogP contribution in [0.1, 0.15) is 65.2 Å². The fraction of sp³-hybridized carbons (Fsp3) is 0.933. The van der Waals surface area contributed by atoms with E-state index in [0.717, 1.165) is 18.8 Å². The van der Waals surface area contributed by atoms with Crippen molar-refractivity contribution in [3.63, 3.8) is 0 Å². The van der Waals surface area contributed by atoms with E-state index in [1.54, 1.807) is 0 Å². The fourth-order valence-corrected chi connectivity index (χ4v) is 2.83. The van der Waals surface area contributed by atoms with Gasteiger partial charge in [-0.15, -0.1) is 0 Å². The summed E-state index contributed by atoms with van der Waals surface area (Å²) in [5.41, 5.74) is 0. The highest BCUT2D eigenvalue weighted by atomic mass is 16.3. The monoisotopic (exact) mass is 255 g/mol. The molecule has 1 atom stereocenters. The number of unbranched alkanes of at least 4 members (excludes halogenated alkanes) is 1. The van der Waals surface area contributed by atoms with Crippen LogP contribution < -0.4 is 5.32 Å². The molecule has 0 aromatic heterocycles. The first kappa shape index (κ1) is 15.5. The Hall–Kier alpha value is -0.570. The van der Waals surface area contributed by atoms with Gasteiger partial charge in [0.1, 0.15) is 0 Å². The number of carbonyl (C=O) groups excluding carboxylic acids is 1. The molecule has 1 rings (SSSR count). The molecule has 2 N–H and O–H groups in total. The van der Waals surface area contributed by atoms with Gasteiger partial charge in [0.15, 0.2) is 0 Å². The summed E-state index contributed by atoms with van der Waals surface area (Å²) >= 11 is 0. The van der Waals surface area contributed by atoms with E-state index in [1.165, 1.54) is 32.1 Å². The highest BCUT2D eigenvalue weighted by Crippen LogP contribution is 2.32. The van der Waals surface area contributed by atoms with Crippen LogP contribution in [0.3, 0.4) is 0 Å². The molecule has 0 bridgehead atoms. The molecule has 1 unspecified atom stereocenters. The largest absolute Gasteiger partial charge is 0.396 e. The van der Waals surface area contributed by atoms with Crippen LogP contribution >= 0.6 is 0 Å². The lowest BCUT2D eigenvalue weighted by Gasteiger charge is -2.28. The third kappa shape index (κ3) is 5.38. The summed E-state index contributed by atoms with van der Waals surface area (Å²) in [5.74, 6) is 1.26. The Morgan fingerprint density at radius 1 is 1.33 bits per heavy atom. The zero-order valence-corrected chi connectivity index (χ0v) is 12.0. The average Bonchev–Trinajstić information content (AvgIpc) is 2.37. The summed E-state index contributed by atoms with van der Waals surface area (Å²) < 4.78 is 0. The Labute approximate surface area is 111 Å². The number of amides is 1. The summed E-state index contributed by atoms with van der Waals surface area (Å²) in [6.07, 6.45) is 9.12. The fourth-order valence-electron chi connectivity index (χ4n) is 2.83. The smallest absolute Gasteiger partial charge is 0.223 e. The molecule has 3 nitrogen and oxygen atoms in total. The van der Waals surface area contributed by atoms with Crippen LogP contribution in [0.2, 0.25) is 0 Å². The van der Waals surface area contributed by atoms with Gasteiger partial charge in [-0.1, -0.05) is 26.2 Å². The maximum Gasteiger partial charge on any atom is 0.223 e. The van der Waals surface area contributed by atoms with Crippen molar-refractivity contribution in [2.75, 3.05) is 6.61 Å². The molecule has 0 radical (unpaired) electrons. The second kappa shape index (κ2) is 8.52. The van der Waals surface area contributed by atoms with Crippen molar-refractivity contribution in [3.8, 4) is 0 Å². The molecule has 0 heterocycles. The van der Waals surface area contributed by atoms with Crippen molar-refractivity contribution >= 4 is 5.91 Å². The molecule has 1 aliphatic carbocycles. The summed E-state index contributed by atoms with van der Waals surface area (Å²) in [6.45, 7) is 4.34. The van der Waals surface area contributed by atoms with Crippen molar-refractivity contribution < 1.29 is 9.90 Å². The molecular formula is C15H29NO2. The molecule has 0 saturated heterocycles. The lowest BCUT2D eigenvalue weighted by Crippen LogP contribution is -2.39. The molecule has 0 aliphatic heterocycles. The molecular weight excluding hydrogens is 226 g/mol. The highest BCUT2D eigenvalue weighted by Gasteiger charge is 2.26. The Bertz CT molecular complexity index is 235. The summed E-state index contributed by atoms with van der Waals surface area (Å²) in [6, 6.07) is 0.0975. The Morgan fingerprint density at radius 3 is 2.56 bits per heavy atom. The lowest BCUT2D eigenvalue weighted by atomic mass is 9.79. The van der Waals surface area contributed by atoms with E-state index in [0.29, 0.717) is 6.42 Å². The van der Waals surface area contributed by atoms with E-state index >= 15 is 0 Å². The lowest BCUT2D eigenvalue weighted by molar-refractivity contribution is -0.126. The summed E-state index contributed by atoms with van der Waals surface area (Å²) in [5, 5.41) is 11.8. The van der Waals surface area contributed by atoms with E-state index in [2.05, 4.69) is 12.2 Å².